The van der Waals surface area contributed by atoms with E-state index in [0.29, 0.717) is 6.54 Å². The molecule has 1 aliphatic heterocycles. The minimum Gasteiger partial charge on any atom is -0.497 e. The summed E-state index contributed by atoms with van der Waals surface area (Å²) in [6.45, 7) is 6.07. The van der Waals surface area contributed by atoms with Crippen LogP contribution in [0.25, 0.3) is 10.8 Å². The van der Waals surface area contributed by atoms with E-state index in [1.807, 2.05) is 31.2 Å². The average Bonchev–Trinajstić information content (AvgIpc) is 2.79. The van der Waals surface area contributed by atoms with Gasteiger partial charge in [-0.15, -0.1) is 0 Å². The van der Waals surface area contributed by atoms with E-state index in [-0.39, 0.29) is 11.9 Å². The van der Waals surface area contributed by atoms with Crippen molar-refractivity contribution in [3.05, 3.63) is 72.3 Å². The Morgan fingerprint density at radius 1 is 0.967 bits per heavy atom. The van der Waals surface area contributed by atoms with Crippen LogP contribution in [0.2, 0.25) is 0 Å². The Morgan fingerprint density at radius 2 is 1.67 bits per heavy atom. The Morgan fingerprint density at radius 3 is 2.37 bits per heavy atom. The first-order valence-electron chi connectivity index (χ1n) is 10.5. The Hall–Kier alpha value is -3.05. The number of rotatable bonds is 6. The molecule has 0 saturated carbocycles. The normalized spacial score (nSPS) is 15.7. The van der Waals surface area contributed by atoms with Crippen molar-refractivity contribution in [3.8, 4) is 5.75 Å². The number of carbonyl (C=O) groups is 1. The lowest BCUT2D eigenvalue weighted by Crippen LogP contribution is -2.49. The zero-order valence-corrected chi connectivity index (χ0v) is 17.7. The number of anilines is 1. The second kappa shape index (κ2) is 9.18. The summed E-state index contributed by atoms with van der Waals surface area (Å²) >= 11 is 0. The van der Waals surface area contributed by atoms with Gasteiger partial charge >= 0.3 is 0 Å². The molecule has 1 amide bonds. The summed E-state index contributed by atoms with van der Waals surface area (Å²) < 4.78 is 5.23. The summed E-state index contributed by atoms with van der Waals surface area (Å²) in [6, 6.07) is 22.8. The van der Waals surface area contributed by atoms with E-state index in [1.165, 1.54) is 16.5 Å². The number of hydrogen-bond acceptors (Lipinski definition) is 4. The van der Waals surface area contributed by atoms with E-state index < -0.39 is 0 Å². The number of ether oxygens (including phenoxy) is 1. The van der Waals surface area contributed by atoms with Crippen LogP contribution in [-0.4, -0.2) is 50.6 Å². The lowest BCUT2D eigenvalue weighted by molar-refractivity contribution is -0.123. The van der Waals surface area contributed by atoms with E-state index in [4.69, 9.17) is 4.74 Å². The highest BCUT2D eigenvalue weighted by molar-refractivity contribution is 5.83. The van der Waals surface area contributed by atoms with Gasteiger partial charge in [0.2, 0.25) is 5.91 Å². The van der Waals surface area contributed by atoms with Gasteiger partial charge < -0.3 is 15.0 Å². The van der Waals surface area contributed by atoms with Crippen molar-refractivity contribution in [2.45, 2.75) is 13.0 Å². The Balaban J connectivity index is 1.27. The highest BCUT2D eigenvalue weighted by Gasteiger charge is 2.20. The van der Waals surface area contributed by atoms with Gasteiger partial charge in [0.05, 0.1) is 19.7 Å². The number of nitrogens with one attached hydrogen (secondary N) is 1. The summed E-state index contributed by atoms with van der Waals surface area (Å²) in [5.41, 5.74) is 2.33. The molecule has 5 heteroatoms. The molecule has 1 unspecified atom stereocenters. The van der Waals surface area contributed by atoms with Crippen LogP contribution >= 0.6 is 0 Å². The molecule has 0 radical (unpaired) electrons. The number of nitrogens with zero attached hydrogens (tertiary/aromatic N) is 2. The Labute approximate surface area is 178 Å². The monoisotopic (exact) mass is 403 g/mol. The molecular weight excluding hydrogens is 374 g/mol. The van der Waals surface area contributed by atoms with E-state index in [1.54, 1.807) is 7.11 Å². The van der Waals surface area contributed by atoms with Crippen LogP contribution in [0.5, 0.6) is 5.75 Å². The molecule has 1 aliphatic rings. The second-order valence-electron chi connectivity index (χ2n) is 7.86. The van der Waals surface area contributed by atoms with E-state index in [2.05, 4.69) is 57.6 Å². The Kier molecular flexibility index (Phi) is 6.19. The summed E-state index contributed by atoms with van der Waals surface area (Å²) in [7, 11) is 1.68. The number of methoxy groups -OCH3 is 1. The van der Waals surface area contributed by atoms with Gasteiger partial charge in [-0.25, -0.2) is 0 Å². The topological polar surface area (TPSA) is 44.8 Å². The molecule has 0 spiro atoms. The number of benzene rings is 3. The molecule has 1 saturated heterocycles. The molecule has 30 heavy (non-hydrogen) atoms. The third-order valence-electron chi connectivity index (χ3n) is 5.83. The number of carbonyl (C=O) groups excluding carboxylic acids is 1. The highest BCUT2D eigenvalue weighted by atomic mass is 16.5. The predicted octanol–water partition coefficient (Wildman–Crippen LogP) is 3.85. The first kappa shape index (κ1) is 20.2. The van der Waals surface area contributed by atoms with Crippen LogP contribution in [-0.2, 0) is 4.79 Å². The fourth-order valence-electron chi connectivity index (χ4n) is 4.01. The summed E-state index contributed by atoms with van der Waals surface area (Å²) in [4.78, 5) is 17.2. The number of piperazine rings is 1. The highest BCUT2D eigenvalue weighted by Crippen LogP contribution is 2.21. The van der Waals surface area contributed by atoms with Crippen molar-refractivity contribution in [1.29, 1.82) is 0 Å². The summed E-state index contributed by atoms with van der Waals surface area (Å²) in [6.07, 6.45) is 0. The predicted molar refractivity (Wildman–Crippen MR) is 122 cm³/mol. The first-order valence-corrected chi connectivity index (χ1v) is 10.5. The van der Waals surface area contributed by atoms with Crippen LogP contribution in [0.1, 0.15) is 18.5 Å². The molecule has 0 aliphatic carbocycles. The van der Waals surface area contributed by atoms with Crippen LogP contribution in [0.3, 0.4) is 0 Å². The standard InChI is InChI=1S/C25H29N3O2/c1-19(21-8-7-20-5-3-4-6-22(20)17-21)26-25(29)18-27-13-15-28(16-14-27)23-9-11-24(30-2)12-10-23/h3-12,17,19H,13-16,18H2,1-2H3,(H,26,29). The molecule has 156 valence electrons. The SMILES string of the molecule is COc1ccc(N2CCN(CC(=O)NC(C)c3ccc4ccccc4c3)CC2)cc1. The van der Waals surface area contributed by atoms with Crippen LogP contribution < -0.4 is 15.0 Å². The fourth-order valence-corrected chi connectivity index (χ4v) is 4.01. The lowest BCUT2D eigenvalue weighted by atomic mass is 10.0. The van der Waals surface area contributed by atoms with Gasteiger partial charge in [0, 0.05) is 31.9 Å². The first-order chi connectivity index (χ1) is 14.6. The molecule has 0 aromatic heterocycles. The second-order valence-corrected chi connectivity index (χ2v) is 7.86. The minimum atomic E-state index is -0.0114. The number of hydrogen-bond donors (Lipinski definition) is 1. The van der Waals surface area contributed by atoms with Gasteiger partial charge in [0.15, 0.2) is 0 Å². The molecule has 1 heterocycles. The van der Waals surface area contributed by atoms with Crippen LogP contribution in [0.4, 0.5) is 5.69 Å². The molecule has 4 rings (SSSR count). The largest absolute Gasteiger partial charge is 0.497 e. The molecule has 3 aromatic carbocycles. The van der Waals surface area contributed by atoms with Crippen LogP contribution in [0, 0.1) is 0 Å². The zero-order chi connectivity index (χ0) is 20.9. The Bertz CT molecular complexity index is 995. The van der Waals surface area contributed by atoms with Gasteiger partial charge in [-0.05, 0) is 53.6 Å². The average molecular weight is 404 g/mol. The zero-order valence-electron chi connectivity index (χ0n) is 17.7. The van der Waals surface area contributed by atoms with Gasteiger partial charge in [-0.2, -0.15) is 0 Å². The number of amides is 1. The molecule has 1 atom stereocenters. The van der Waals surface area contributed by atoms with Crippen molar-refractivity contribution in [3.63, 3.8) is 0 Å². The van der Waals surface area contributed by atoms with E-state index in [0.717, 1.165) is 37.5 Å². The molecule has 0 bridgehead atoms. The third-order valence-corrected chi connectivity index (χ3v) is 5.83. The van der Waals surface area contributed by atoms with Gasteiger partial charge in [0.25, 0.3) is 0 Å². The van der Waals surface area contributed by atoms with Gasteiger partial charge in [-0.1, -0.05) is 36.4 Å². The molecule has 5 nitrogen and oxygen atoms in total. The third kappa shape index (κ3) is 4.74. The van der Waals surface area contributed by atoms with Crippen molar-refractivity contribution in [2.24, 2.45) is 0 Å². The lowest BCUT2D eigenvalue weighted by Gasteiger charge is -2.36. The van der Waals surface area contributed by atoms with Crippen molar-refractivity contribution in [1.82, 2.24) is 10.2 Å². The van der Waals surface area contributed by atoms with Gasteiger partial charge in [-0.3, -0.25) is 9.69 Å². The summed E-state index contributed by atoms with van der Waals surface area (Å²) in [5, 5.41) is 5.57. The van der Waals surface area contributed by atoms with Crippen molar-refractivity contribution in [2.75, 3.05) is 44.7 Å². The van der Waals surface area contributed by atoms with E-state index in [9.17, 15) is 4.79 Å². The molecule has 1 N–H and O–H groups in total. The molecular formula is C25H29N3O2. The number of fused-ring (bicyclic) bond motifs is 1. The molecule has 3 aromatic rings. The van der Waals surface area contributed by atoms with Crippen molar-refractivity contribution < 1.29 is 9.53 Å². The maximum Gasteiger partial charge on any atom is 0.234 e. The maximum atomic E-state index is 12.6. The van der Waals surface area contributed by atoms with Gasteiger partial charge in [0.1, 0.15) is 5.75 Å². The minimum absolute atomic E-state index is 0.0114. The van der Waals surface area contributed by atoms with Crippen LogP contribution in [0.15, 0.2) is 66.7 Å². The quantitative estimate of drug-likeness (QED) is 0.679. The van der Waals surface area contributed by atoms with E-state index >= 15 is 0 Å². The maximum absolute atomic E-state index is 12.6. The van der Waals surface area contributed by atoms with Crippen molar-refractivity contribution >= 4 is 22.4 Å². The fraction of sp³-hybridized carbons (Fsp3) is 0.320. The smallest absolute Gasteiger partial charge is 0.234 e. The summed E-state index contributed by atoms with van der Waals surface area (Å²) in [5.74, 6) is 0.947. The molecule has 1 fully saturated rings.